The molecular weight excluding hydrogens is 1040 g/mol. The summed E-state index contributed by atoms with van der Waals surface area (Å²) < 4.78 is 30.8. The second-order valence-corrected chi connectivity index (χ2v) is 25.4. The van der Waals surface area contributed by atoms with E-state index in [1.54, 1.807) is 0 Å². The van der Waals surface area contributed by atoms with Gasteiger partial charge in [0.25, 0.3) is 0 Å². The maximum Gasteiger partial charge on any atom is 0.472 e. The van der Waals surface area contributed by atoms with Crippen LogP contribution in [0.1, 0.15) is 297 Å². The molecule has 1 amide bonds. The van der Waals surface area contributed by atoms with E-state index in [9.17, 15) is 19.0 Å². The van der Waals surface area contributed by atoms with Gasteiger partial charge in [0.05, 0.1) is 33.8 Å². The molecule has 0 rings (SSSR count). The van der Waals surface area contributed by atoms with Crippen molar-refractivity contribution in [2.45, 2.75) is 309 Å². The standard InChI is InChI=1S/C72H129N2O7P/c1-7-10-13-16-19-22-25-28-30-32-34-36-37-39-40-42-44-46-49-52-55-58-61-64-71(75)73-69(68-80-82(77,78)79-67-66-74(4,5)6)70(63-60-57-54-51-48-27-24-21-18-15-12-9-3)81-72(76)65-62-59-56-53-50-47-45-43-41-38-35-33-31-29-26-23-20-17-14-11-8-2/h19-20,22-23,28-31,34-36,38-40,60,63,69-70H,7-18,21,24-27,32-33,37,41-59,61-62,64-68H2,1-6H3,(H-,73,75,77,78)/p+1/b22-19-,23-20-,30-28-,31-29-,36-34-,38-35-,40-39-,63-60+. The van der Waals surface area contributed by atoms with Gasteiger partial charge in [-0.2, -0.15) is 0 Å². The van der Waals surface area contributed by atoms with Crippen molar-refractivity contribution in [3.63, 3.8) is 0 Å². The lowest BCUT2D eigenvalue weighted by Crippen LogP contribution is -2.47. The van der Waals surface area contributed by atoms with E-state index in [1.165, 1.54) is 148 Å². The third kappa shape index (κ3) is 61.5. The Hall–Kier alpha value is -3.07. The molecule has 0 aromatic heterocycles. The summed E-state index contributed by atoms with van der Waals surface area (Å²) in [5.41, 5.74) is 0. The molecule has 0 radical (unpaired) electrons. The van der Waals surface area contributed by atoms with Crippen molar-refractivity contribution in [2.75, 3.05) is 40.9 Å². The highest BCUT2D eigenvalue weighted by atomic mass is 31.2. The first-order chi connectivity index (χ1) is 39.9. The van der Waals surface area contributed by atoms with Crippen LogP contribution in [0.4, 0.5) is 0 Å². The summed E-state index contributed by atoms with van der Waals surface area (Å²) in [5, 5.41) is 3.06. The average Bonchev–Trinajstić information content (AvgIpc) is 3.47. The molecule has 3 atom stereocenters. The maximum absolute atomic E-state index is 13.6. The predicted octanol–water partition coefficient (Wildman–Crippen LogP) is 21.5. The molecule has 0 aliphatic carbocycles. The third-order valence-corrected chi connectivity index (χ3v) is 15.7. The maximum atomic E-state index is 13.6. The number of phosphoric ester groups is 1. The molecule has 0 aromatic carbocycles. The molecule has 0 aromatic rings. The quantitative estimate of drug-likeness (QED) is 0.0205. The Kier molecular flexibility index (Phi) is 58.7. The topological polar surface area (TPSA) is 111 Å². The molecule has 82 heavy (non-hydrogen) atoms. The fourth-order valence-electron chi connectivity index (χ4n) is 9.46. The molecule has 0 spiro atoms. The van der Waals surface area contributed by atoms with E-state index in [-0.39, 0.29) is 31.5 Å². The molecule has 0 bridgehead atoms. The molecule has 0 saturated heterocycles. The fraction of sp³-hybridized carbons (Fsp3) is 0.750. The van der Waals surface area contributed by atoms with Crippen LogP contribution in [-0.4, -0.2) is 74.3 Å². The molecule has 0 heterocycles. The van der Waals surface area contributed by atoms with E-state index in [0.29, 0.717) is 17.4 Å². The zero-order chi connectivity index (χ0) is 60.0. The molecule has 474 valence electrons. The SMILES string of the molecule is CCCCC/C=C\C/C=C\C/C=C\C/C=C\CCCCCCCCCC(=O)NC(COP(=O)(O)OCC[N+](C)(C)C)C(/C=C/CCCCCCCCCCCC)OC(=O)CCCCCCCCCC/C=C\C/C=C\C/C=C\CCCCC. The summed E-state index contributed by atoms with van der Waals surface area (Å²) in [4.78, 5) is 37.9. The van der Waals surface area contributed by atoms with Crippen molar-refractivity contribution >= 4 is 19.7 Å². The smallest absolute Gasteiger partial charge is 0.456 e. The molecule has 0 aliphatic heterocycles. The van der Waals surface area contributed by atoms with Gasteiger partial charge in [-0.25, -0.2) is 4.57 Å². The number of carbonyl (C=O) groups excluding carboxylic acids is 2. The number of allylic oxidation sites excluding steroid dienone is 15. The van der Waals surface area contributed by atoms with E-state index in [4.69, 9.17) is 13.8 Å². The van der Waals surface area contributed by atoms with Crippen LogP contribution in [0.25, 0.3) is 0 Å². The van der Waals surface area contributed by atoms with Gasteiger partial charge in [-0.1, -0.05) is 266 Å². The Balaban J connectivity index is 5.19. The minimum absolute atomic E-state index is 0.0324. The number of hydrogen-bond donors (Lipinski definition) is 2. The fourth-order valence-corrected chi connectivity index (χ4v) is 10.2. The lowest BCUT2D eigenvalue weighted by atomic mass is 10.0. The number of carbonyl (C=O) groups is 2. The van der Waals surface area contributed by atoms with Crippen molar-refractivity contribution in [1.82, 2.24) is 5.32 Å². The molecule has 2 N–H and O–H groups in total. The van der Waals surface area contributed by atoms with Crippen molar-refractivity contribution in [3.8, 4) is 0 Å². The molecule has 10 heteroatoms. The number of ether oxygens (including phenoxy) is 1. The number of hydrogen-bond acceptors (Lipinski definition) is 6. The first-order valence-corrected chi connectivity index (χ1v) is 35.6. The molecule has 0 saturated carbocycles. The Morgan fingerprint density at radius 3 is 1.13 bits per heavy atom. The first-order valence-electron chi connectivity index (χ1n) is 34.1. The van der Waals surface area contributed by atoms with Gasteiger partial charge >= 0.3 is 13.8 Å². The van der Waals surface area contributed by atoms with Crippen molar-refractivity contribution in [3.05, 3.63) is 97.2 Å². The third-order valence-electron chi connectivity index (χ3n) is 14.7. The Labute approximate surface area is 507 Å². The lowest BCUT2D eigenvalue weighted by Gasteiger charge is -2.27. The largest absolute Gasteiger partial charge is 0.472 e. The summed E-state index contributed by atoms with van der Waals surface area (Å²) in [6.45, 7) is 6.95. The second-order valence-electron chi connectivity index (χ2n) is 24.0. The highest BCUT2D eigenvalue weighted by Gasteiger charge is 2.30. The van der Waals surface area contributed by atoms with Gasteiger partial charge < -0.3 is 19.4 Å². The van der Waals surface area contributed by atoms with Gasteiger partial charge in [0.2, 0.25) is 5.91 Å². The number of nitrogens with one attached hydrogen (secondary N) is 1. The number of amides is 1. The van der Waals surface area contributed by atoms with Crippen LogP contribution in [0.3, 0.4) is 0 Å². The number of nitrogens with zero attached hydrogens (tertiary/aromatic N) is 1. The highest BCUT2D eigenvalue weighted by Crippen LogP contribution is 2.43. The minimum atomic E-state index is -4.46. The summed E-state index contributed by atoms with van der Waals surface area (Å²) in [7, 11) is 1.48. The molecule has 3 unspecified atom stereocenters. The number of quaternary nitrogens is 1. The molecule has 0 fully saturated rings. The number of likely N-dealkylation sites (N-methyl/N-ethyl adjacent to an activating group) is 1. The number of esters is 1. The van der Waals surface area contributed by atoms with Crippen LogP contribution in [0, 0.1) is 0 Å². The Morgan fingerprint density at radius 1 is 0.427 bits per heavy atom. The number of phosphoric acid groups is 1. The number of rotatable bonds is 61. The van der Waals surface area contributed by atoms with E-state index in [1.807, 2.05) is 33.3 Å². The van der Waals surface area contributed by atoms with E-state index < -0.39 is 20.0 Å². The molecular formula is C72H130N2O7P+. The Morgan fingerprint density at radius 2 is 0.744 bits per heavy atom. The second kappa shape index (κ2) is 61.0. The van der Waals surface area contributed by atoms with Crippen LogP contribution in [0.15, 0.2) is 97.2 Å². The summed E-state index contributed by atoms with van der Waals surface area (Å²) >= 11 is 0. The van der Waals surface area contributed by atoms with Gasteiger partial charge in [0.1, 0.15) is 19.3 Å². The van der Waals surface area contributed by atoms with Crippen LogP contribution in [0.2, 0.25) is 0 Å². The lowest BCUT2D eigenvalue weighted by molar-refractivity contribution is -0.870. The summed E-state index contributed by atoms with van der Waals surface area (Å²) in [6.07, 6.45) is 82.6. The average molecular weight is 1170 g/mol. The van der Waals surface area contributed by atoms with Gasteiger partial charge in [-0.05, 0) is 115 Å². The highest BCUT2D eigenvalue weighted by molar-refractivity contribution is 7.47. The molecule has 9 nitrogen and oxygen atoms in total. The zero-order valence-corrected chi connectivity index (χ0v) is 55.1. The van der Waals surface area contributed by atoms with E-state index >= 15 is 0 Å². The summed E-state index contributed by atoms with van der Waals surface area (Å²) in [6, 6.07) is -0.864. The molecule has 0 aliphatic rings. The van der Waals surface area contributed by atoms with Crippen LogP contribution in [0.5, 0.6) is 0 Å². The van der Waals surface area contributed by atoms with Gasteiger partial charge in [0, 0.05) is 12.8 Å². The van der Waals surface area contributed by atoms with Gasteiger partial charge in [0.15, 0.2) is 0 Å². The predicted molar refractivity (Wildman–Crippen MR) is 355 cm³/mol. The van der Waals surface area contributed by atoms with Crippen LogP contribution >= 0.6 is 7.82 Å². The van der Waals surface area contributed by atoms with E-state index in [0.717, 1.165) is 116 Å². The van der Waals surface area contributed by atoms with Crippen molar-refractivity contribution in [1.29, 1.82) is 0 Å². The first kappa shape index (κ1) is 78.9. The van der Waals surface area contributed by atoms with Gasteiger partial charge in [-0.3, -0.25) is 18.6 Å². The minimum Gasteiger partial charge on any atom is -0.456 e. The number of unbranched alkanes of at least 4 members (excludes halogenated alkanes) is 31. The van der Waals surface area contributed by atoms with Crippen molar-refractivity contribution < 1.29 is 37.3 Å². The van der Waals surface area contributed by atoms with E-state index in [2.05, 4.69) is 111 Å². The van der Waals surface area contributed by atoms with Gasteiger partial charge in [-0.15, -0.1) is 0 Å². The summed E-state index contributed by atoms with van der Waals surface area (Å²) in [5.74, 6) is -0.525. The normalized spacial score (nSPS) is 14.2. The zero-order valence-electron chi connectivity index (χ0n) is 54.2. The Bertz CT molecular complexity index is 1720. The monoisotopic (exact) mass is 1170 g/mol. The van der Waals surface area contributed by atoms with Crippen LogP contribution < -0.4 is 5.32 Å². The van der Waals surface area contributed by atoms with Crippen LogP contribution in [-0.2, 0) is 27.9 Å². The van der Waals surface area contributed by atoms with Crippen molar-refractivity contribution in [2.24, 2.45) is 0 Å².